The van der Waals surface area contributed by atoms with Crippen LogP contribution in [-0.4, -0.2) is 0 Å². The Morgan fingerprint density at radius 1 is 0.875 bits per heavy atom. The molecule has 0 saturated heterocycles. The number of hydrogen-bond donors (Lipinski definition) is 0. The van der Waals surface area contributed by atoms with Crippen molar-refractivity contribution in [2.75, 3.05) is 0 Å². The van der Waals surface area contributed by atoms with Crippen LogP contribution < -0.4 is 0 Å². The molecule has 0 heterocycles. The summed E-state index contributed by atoms with van der Waals surface area (Å²) in [6, 6.07) is 2.03. The van der Waals surface area contributed by atoms with Crippen LogP contribution in [0.3, 0.4) is 0 Å². The summed E-state index contributed by atoms with van der Waals surface area (Å²) in [6.45, 7) is 4.40. The summed E-state index contributed by atoms with van der Waals surface area (Å²) in [5.41, 5.74) is 2.45. The lowest BCUT2D eigenvalue weighted by molar-refractivity contribution is 0.302. The highest BCUT2D eigenvalue weighted by molar-refractivity contribution is 5.38. The molecule has 0 nitrogen and oxygen atoms in total. The molecule has 1 saturated carbocycles. The van der Waals surface area contributed by atoms with E-state index in [4.69, 9.17) is 0 Å². The zero-order valence-corrected chi connectivity index (χ0v) is 15.3. The van der Waals surface area contributed by atoms with Gasteiger partial charge in [-0.25, -0.2) is 8.78 Å². The van der Waals surface area contributed by atoms with E-state index >= 15 is 0 Å². The Balaban J connectivity index is 1.78. The molecule has 0 N–H and O–H groups in total. The lowest BCUT2D eigenvalue weighted by Crippen LogP contribution is -2.20. The number of fused-ring (bicyclic) bond motifs is 1. The average Bonchev–Trinajstić information content (AvgIpc) is 2.60. The quantitative estimate of drug-likeness (QED) is 0.547. The number of hydrogen-bond acceptors (Lipinski definition) is 0. The molecule has 134 valence electrons. The Morgan fingerprint density at radius 3 is 2.21 bits per heavy atom. The van der Waals surface area contributed by atoms with Crippen LogP contribution in [0.1, 0.15) is 94.2 Å². The van der Waals surface area contributed by atoms with Crippen molar-refractivity contribution in [2.45, 2.75) is 90.4 Å². The molecular weight excluding hydrogens is 302 g/mol. The van der Waals surface area contributed by atoms with Gasteiger partial charge in [-0.2, -0.15) is 0 Å². The van der Waals surface area contributed by atoms with Crippen molar-refractivity contribution in [3.8, 4) is 0 Å². The van der Waals surface area contributed by atoms with E-state index in [-0.39, 0.29) is 5.92 Å². The van der Waals surface area contributed by atoms with Crippen LogP contribution >= 0.6 is 0 Å². The van der Waals surface area contributed by atoms with E-state index in [0.717, 1.165) is 56.4 Å². The third kappa shape index (κ3) is 3.68. The molecule has 2 heteroatoms. The van der Waals surface area contributed by atoms with E-state index in [9.17, 15) is 8.78 Å². The van der Waals surface area contributed by atoms with E-state index < -0.39 is 11.6 Å². The Morgan fingerprint density at radius 2 is 1.54 bits per heavy atom. The number of aryl methyl sites for hydroxylation is 1. The van der Waals surface area contributed by atoms with Crippen LogP contribution in [0.25, 0.3) is 0 Å². The first-order valence-corrected chi connectivity index (χ1v) is 10.1. The Kier molecular flexibility index (Phi) is 5.94. The fourth-order valence-electron chi connectivity index (χ4n) is 5.05. The average molecular weight is 334 g/mol. The molecule has 0 aromatic heterocycles. The smallest absolute Gasteiger partial charge is 0.162 e. The van der Waals surface area contributed by atoms with E-state index in [0.29, 0.717) is 17.0 Å². The monoisotopic (exact) mass is 334 g/mol. The number of benzene rings is 1. The van der Waals surface area contributed by atoms with Gasteiger partial charge in [-0.3, -0.25) is 0 Å². The van der Waals surface area contributed by atoms with E-state index in [1.54, 1.807) is 0 Å². The van der Waals surface area contributed by atoms with Gasteiger partial charge in [-0.05, 0) is 79.4 Å². The molecule has 1 aromatic rings. The minimum absolute atomic E-state index is 0.228. The highest BCUT2D eigenvalue weighted by Gasteiger charge is 2.29. The zero-order chi connectivity index (χ0) is 17.1. The van der Waals surface area contributed by atoms with E-state index in [2.05, 4.69) is 13.8 Å². The maximum atomic E-state index is 14.8. The number of halogens is 2. The summed E-state index contributed by atoms with van der Waals surface area (Å²) >= 11 is 0. The van der Waals surface area contributed by atoms with Crippen molar-refractivity contribution < 1.29 is 8.78 Å². The van der Waals surface area contributed by atoms with Crippen LogP contribution in [-0.2, 0) is 12.8 Å². The van der Waals surface area contributed by atoms with Gasteiger partial charge < -0.3 is 0 Å². The summed E-state index contributed by atoms with van der Waals surface area (Å²) in [4.78, 5) is 0. The van der Waals surface area contributed by atoms with Crippen molar-refractivity contribution in [2.24, 2.45) is 11.8 Å². The molecule has 2 aliphatic carbocycles. The van der Waals surface area contributed by atoms with Crippen LogP contribution in [0.2, 0.25) is 0 Å². The van der Waals surface area contributed by atoms with Gasteiger partial charge >= 0.3 is 0 Å². The van der Waals surface area contributed by atoms with Crippen molar-refractivity contribution in [3.05, 3.63) is 34.4 Å². The van der Waals surface area contributed by atoms with Crippen LogP contribution in [0.15, 0.2) is 6.07 Å². The van der Waals surface area contributed by atoms with Gasteiger partial charge in [0.25, 0.3) is 0 Å². The minimum atomic E-state index is -0.537. The topological polar surface area (TPSA) is 0 Å². The molecule has 2 aliphatic rings. The molecule has 24 heavy (non-hydrogen) atoms. The van der Waals surface area contributed by atoms with Crippen LogP contribution in [0.4, 0.5) is 8.78 Å². The predicted octanol–water partition coefficient (Wildman–Crippen LogP) is 6.94. The SMILES string of the molecule is CCCC1CCC(c2cc3c(c(F)c2F)CC(CCC)CC3)CC1. The van der Waals surface area contributed by atoms with Crippen LogP contribution in [0.5, 0.6) is 0 Å². The maximum Gasteiger partial charge on any atom is 0.162 e. The predicted molar refractivity (Wildman–Crippen MR) is 96.4 cm³/mol. The van der Waals surface area contributed by atoms with E-state index in [1.165, 1.54) is 25.7 Å². The molecule has 0 aliphatic heterocycles. The minimum Gasteiger partial charge on any atom is -0.203 e. The van der Waals surface area contributed by atoms with Crippen LogP contribution in [0, 0.1) is 23.5 Å². The number of rotatable bonds is 5. The van der Waals surface area contributed by atoms with Gasteiger partial charge in [0.2, 0.25) is 0 Å². The molecule has 0 spiro atoms. The molecular formula is C22H32F2. The lowest BCUT2D eigenvalue weighted by Gasteiger charge is -2.31. The molecule has 1 aromatic carbocycles. The van der Waals surface area contributed by atoms with Crippen molar-refractivity contribution >= 4 is 0 Å². The Hall–Kier alpha value is -0.920. The maximum absolute atomic E-state index is 14.8. The summed E-state index contributed by atoms with van der Waals surface area (Å²) in [5, 5.41) is 0. The fourth-order valence-corrected chi connectivity index (χ4v) is 5.05. The van der Waals surface area contributed by atoms with Gasteiger partial charge in [0, 0.05) is 0 Å². The first-order valence-electron chi connectivity index (χ1n) is 10.1. The van der Waals surface area contributed by atoms with Crippen molar-refractivity contribution in [3.63, 3.8) is 0 Å². The third-order valence-corrected chi connectivity index (χ3v) is 6.42. The molecule has 0 bridgehead atoms. The lowest BCUT2D eigenvalue weighted by atomic mass is 9.75. The van der Waals surface area contributed by atoms with Gasteiger partial charge in [-0.15, -0.1) is 0 Å². The van der Waals surface area contributed by atoms with E-state index in [1.807, 2.05) is 6.07 Å². The largest absolute Gasteiger partial charge is 0.203 e. The summed E-state index contributed by atoms with van der Waals surface area (Å²) in [6.07, 6.45) is 12.0. The first kappa shape index (κ1) is 17.9. The second kappa shape index (κ2) is 7.97. The highest BCUT2D eigenvalue weighted by atomic mass is 19.2. The Bertz CT molecular complexity index is 556. The molecule has 1 atom stereocenters. The summed E-state index contributed by atoms with van der Waals surface area (Å²) < 4.78 is 29.5. The third-order valence-electron chi connectivity index (χ3n) is 6.42. The molecule has 1 fully saturated rings. The second-order valence-electron chi connectivity index (χ2n) is 8.14. The summed E-state index contributed by atoms with van der Waals surface area (Å²) in [7, 11) is 0. The first-order chi connectivity index (χ1) is 11.6. The van der Waals surface area contributed by atoms with Gasteiger partial charge in [-0.1, -0.05) is 45.6 Å². The zero-order valence-electron chi connectivity index (χ0n) is 15.3. The molecule has 3 rings (SSSR count). The fraction of sp³-hybridized carbons (Fsp3) is 0.727. The summed E-state index contributed by atoms with van der Waals surface area (Å²) in [5.74, 6) is 0.494. The standard InChI is InChI=1S/C22H32F2/c1-3-5-15-7-10-17(11-8-15)20-14-18-12-9-16(6-4-2)13-19(18)21(23)22(20)24/h14-17H,3-13H2,1-2H3. The highest BCUT2D eigenvalue weighted by Crippen LogP contribution is 2.41. The van der Waals surface area contributed by atoms with Crippen molar-refractivity contribution in [1.29, 1.82) is 0 Å². The van der Waals surface area contributed by atoms with Gasteiger partial charge in [0.05, 0.1) is 0 Å². The Labute approximate surface area is 146 Å². The second-order valence-corrected chi connectivity index (χ2v) is 8.14. The van der Waals surface area contributed by atoms with Crippen molar-refractivity contribution in [1.82, 2.24) is 0 Å². The molecule has 1 unspecified atom stereocenters. The molecule has 0 radical (unpaired) electrons. The van der Waals surface area contributed by atoms with Gasteiger partial charge in [0.15, 0.2) is 11.6 Å². The normalized spacial score (nSPS) is 27.1. The van der Waals surface area contributed by atoms with Gasteiger partial charge in [0.1, 0.15) is 0 Å². The molecule has 0 amide bonds.